The number of hydrogen-bond acceptors (Lipinski definition) is 6. The van der Waals surface area contributed by atoms with E-state index in [0.29, 0.717) is 42.7 Å². The molecule has 0 unspecified atom stereocenters. The molecule has 1 amide bonds. The predicted molar refractivity (Wildman–Crippen MR) is 105 cm³/mol. The lowest BCUT2D eigenvalue weighted by Gasteiger charge is -2.30. The molecule has 0 aromatic carbocycles. The van der Waals surface area contributed by atoms with Gasteiger partial charge in [0.2, 0.25) is 5.91 Å². The molecule has 1 aliphatic carbocycles. The van der Waals surface area contributed by atoms with Crippen LogP contribution in [0.2, 0.25) is 0 Å². The van der Waals surface area contributed by atoms with Gasteiger partial charge in [-0.3, -0.25) is 14.5 Å². The summed E-state index contributed by atoms with van der Waals surface area (Å²) in [5.74, 6) is 0.360. The Bertz CT molecular complexity index is 744. The van der Waals surface area contributed by atoms with E-state index in [-0.39, 0.29) is 17.8 Å². The largest absolute Gasteiger partial charge is 0.466 e. The van der Waals surface area contributed by atoms with Crippen molar-refractivity contribution in [1.29, 1.82) is 5.26 Å². The van der Waals surface area contributed by atoms with Gasteiger partial charge in [-0.1, -0.05) is 6.92 Å². The van der Waals surface area contributed by atoms with Crippen LogP contribution in [0.25, 0.3) is 0 Å². The van der Waals surface area contributed by atoms with E-state index in [4.69, 9.17) is 4.74 Å². The maximum Gasteiger partial charge on any atom is 0.309 e. The molecule has 0 spiro atoms. The summed E-state index contributed by atoms with van der Waals surface area (Å²) in [6.45, 7) is 6.16. The van der Waals surface area contributed by atoms with Crippen molar-refractivity contribution in [3.63, 3.8) is 0 Å². The smallest absolute Gasteiger partial charge is 0.309 e. The molecular formula is C20H27N3O3S. The number of nitriles is 1. The van der Waals surface area contributed by atoms with Crippen LogP contribution in [0.3, 0.4) is 0 Å². The Morgan fingerprint density at radius 3 is 2.74 bits per heavy atom. The van der Waals surface area contributed by atoms with Crippen molar-refractivity contribution in [2.24, 2.45) is 11.8 Å². The number of esters is 1. The molecule has 1 atom stereocenters. The first-order valence-corrected chi connectivity index (χ1v) is 10.6. The molecule has 1 saturated heterocycles. The average Bonchev–Trinajstić information content (AvgIpc) is 2.98. The van der Waals surface area contributed by atoms with Gasteiger partial charge >= 0.3 is 5.97 Å². The van der Waals surface area contributed by atoms with E-state index < -0.39 is 0 Å². The third-order valence-corrected chi connectivity index (χ3v) is 6.62. The van der Waals surface area contributed by atoms with Gasteiger partial charge in [-0.15, -0.1) is 11.3 Å². The van der Waals surface area contributed by atoms with E-state index in [1.807, 2.05) is 6.92 Å². The average molecular weight is 390 g/mol. The van der Waals surface area contributed by atoms with Gasteiger partial charge in [0.25, 0.3) is 0 Å². The Kier molecular flexibility index (Phi) is 6.51. The van der Waals surface area contributed by atoms with Crippen molar-refractivity contribution in [3.05, 3.63) is 16.0 Å². The van der Waals surface area contributed by atoms with Crippen LogP contribution in [-0.4, -0.2) is 43.0 Å². The summed E-state index contributed by atoms with van der Waals surface area (Å²) in [5, 5.41) is 13.2. The Morgan fingerprint density at radius 2 is 2.07 bits per heavy atom. The van der Waals surface area contributed by atoms with Gasteiger partial charge in [0.15, 0.2) is 0 Å². The van der Waals surface area contributed by atoms with Gasteiger partial charge in [0.1, 0.15) is 11.1 Å². The number of thiophene rings is 1. The van der Waals surface area contributed by atoms with Crippen LogP contribution in [0.5, 0.6) is 0 Å². The van der Waals surface area contributed by atoms with E-state index in [1.165, 1.54) is 4.88 Å². The van der Waals surface area contributed by atoms with Crippen molar-refractivity contribution in [2.45, 2.75) is 46.0 Å². The van der Waals surface area contributed by atoms with Crippen molar-refractivity contribution >= 4 is 28.2 Å². The fourth-order valence-electron chi connectivity index (χ4n) is 3.91. The number of carbonyl (C=O) groups excluding carboxylic acids is 2. The maximum atomic E-state index is 12.5. The molecule has 0 bridgehead atoms. The molecule has 2 aliphatic rings. The minimum absolute atomic E-state index is 0.0551. The first kappa shape index (κ1) is 19.8. The Labute approximate surface area is 164 Å². The number of nitrogens with zero attached hydrogens (tertiary/aromatic N) is 2. The minimum atomic E-state index is -0.126. The second-order valence-electron chi connectivity index (χ2n) is 7.52. The number of rotatable bonds is 5. The summed E-state index contributed by atoms with van der Waals surface area (Å²) in [6, 6.07) is 2.29. The summed E-state index contributed by atoms with van der Waals surface area (Å²) >= 11 is 1.56. The zero-order valence-corrected chi connectivity index (χ0v) is 16.9. The number of carbonyl (C=O) groups is 2. The lowest BCUT2D eigenvalue weighted by Crippen LogP contribution is -2.41. The van der Waals surface area contributed by atoms with Gasteiger partial charge in [-0.2, -0.15) is 5.26 Å². The fraction of sp³-hybridized carbons (Fsp3) is 0.650. The highest BCUT2D eigenvalue weighted by Crippen LogP contribution is 2.39. The van der Waals surface area contributed by atoms with Crippen LogP contribution in [0.15, 0.2) is 0 Å². The Hall–Kier alpha value is -1.91. The number of piperidine rings is 1. The molecule has 27 heavy (non-hydrogen) atoms. The molecule has 0 radical (unpaired) electrons. The van der Waals surface area contributed by atoms with Crippen LogP contribution < -0.4 is 5.32 Å². The van der Waals surface area contributed by atoms with E-state index in [2.05, 4.69) is 23.2 Å². The van der Waals surface area contributed by atoms with E-state index in [0.717, 1.165) is 37.7 Å². The highest BCUT2D eigenvalue weighted by Gasteiger charge is 2.28. The number of nitrogens with one attached hydrogen (secondary N) is 1. The van der Waals surface area contributed by atoms with Crippen LogP contribution in [0.1, 0.15) is 49.1 Å². The van der Waals surface area contributed by atoms with E-state index >= 15 is 0 Å². The summed E-state index contributed by atoms with van der Waals surface area (Å²) in [5.41, 5.74) is 1.78. The van der Waals surface area contributed by atoms with E-state index in [1.54, 1.807) is 11.3 Å². The molecule has 6 nitrogen and oxygen atoms in total. The first-order chi connectivity index (χ1) is 13.0. The third-order valence-electron chi connectivity index (χ3n) is 5.45. The van der Waals surface area contributed by atoms with Gasteiger partial charge in [0.05, 0.1) is 24.6 Å². The maximum absolute atomic E-state index is 12.5. The summed E-state index contributed by atoms with van der Waals surface area (Å²) in [7, 11) is 0. The summed E-state index contributed by atoms with van der Waals surface area (Å²) in [6.07, 6.45) is 4.46. The number of amides is 1. The van der Waals surface area contributed by atoms with Crippen LogP contribution in [0.4, 0.5) is 5.00 Å². The molecule has 7 heteroatoms. The molecule has 3 rings (SSSR count). The molecule has 1 aromatic rings. The SMILES string of the molecule is CCOC(=O)C1CCN(CC(=O)Nc2sc3c(c2C#N)CC[C@H](C)C3)CC1. The number of anilines is 1. The van der Waals surface area contributed by atoms with Crippen molar-refractivity contribution in [3.8, 4) is 6.07 Å². The van der Waals surface area contributed by atoms with Crippen molar-refractivity contribution in [2.75, 3.05) is 31.6 Å². The quantitative estimate of drug-likeness (QED) is 0.783. The van der Waals surface area contributed by atoms with Crippen molar-refractivity contribution in [1.82, 2.24) is 4.90 Å². The molecule has 2 heterocycles. The second-order valence-corrected chi connectivity index (χ2v) is 8.62. The van der Waals surface area contributed by atoms with Gasteiger partial charge in [-0.25, -0.2) is 0 Å². The normalized spacial score (nSPS) is 20.6. The lowest BCUT2D eigenvalue weighted by molar-refractivity contribution is -0.149. The van der Waals surface area contributed by atoms with Crippen LogP contribution in [-0.2, 0) is 27.2 Å². The second kappa shape index (κ2) is 8.85. The number of hydrogen-bond donors (Lipinski definition) is 1. The zero-order chi connectivity index (χ0) is 19.4. The monoisotopic (exact) mass is 389 g/mol. The third kappa shape index (κ3) is 4.69. The van der Waals surface area contributed by atoms with E-state index in [9.17, 15) is 14.9 Å². The van der Waals surface area contributed by atoms with Crippen molar-refractivity contribution < 1.29 is 14.3 Å². The summed E-state index contributed by atoms with van der Waals surface area (Å²) < 4.78 is 5.08. The standard InChI is InChI=1S/C20H27N3O3S/c1-3-26-20(25)14-6-8-23(9-7-14)12-18(24)22-19-16(11-21)15-5-4-13(2)10-17(15)27-19/h13-14H,3-10,12H2,1-2H3,(H,22,24)/t13-/m0/s1. The number of likely N-dealkylation sites (tertiary alicyclic amines) is 1. The molecule has 1 aromatic heterocycles. The van der Waals surface area contributed by atoms with Crippen LogP contribution in [0, 0.1) is 23.2 Å². The number of ether oxygens (including phenoxy) is 1. The van der Waals surface area contributed by atoms with Gasteiger partial charge < -0.3 is 10.1 Å². The molecular weight excluding hydrogens is 362 g/mol. The molecule has 1 aliphatic heterocycles. The van der Waals surface area contributed by atoms with Gasteiger partial charge in [0, 0.05) is 4.88 Å². The summed E-state index contributed by atoms with van der Waals surface area (Å²) in [4.78, 5) is 27.6. The highest BCUT2D eigenvalue weighted by atomic mass is 32.1. The Balaban J connectivity index is 1.55. The minimum Gasteiger partial charge on any atom is -0.466 e. The molecule has 146 valence electrons. The highest BCUT2D eigenvalue weighted by molar-refractivity contribution is 7.16. The Morgan fingerprint density at radius 1 is 1.33 bits per heavy atom. The lowest BCUT2D eigenvalue weighted by atomic mass is 9.89. The molecule has 1 fully saturated rings. The first-order valence-electron chi connectivity index (χ1n) is 9.75. The zero-order valence-electron chi connectivity index (χ0n) is 16.0. The topological polar surface area (TPSA) is 82.4 Å². The van der Waals surface area contributed by atoms with Gasteiger partial charge in [-0.05, 0) is 63.6 Å². The molecule has 1 N–H and O–H groups in total. The number of fused-ring (bicyclic) bond motifs is 1. The molecule has 0 saturated carbocycles. The fourth-order valence-corrected chi connectivity index (χ4v) is 5.29. The van der Waals surface area contributed by atoms with Crippen LogP contribution >= 0.6 is 11.3 Å². The predicted octanol–water partition coefficient (Wildman–Crippen LogP) is 2.96.